The van der Waals surface area contributed by atoms with Gasteiger partial charge >= 0.3 is 0 Å². The molecule has 0 radical (unpaired) electrons. The summed E-state index contributed by atoms with van der Waals surface area (Å²) in [6.07, 6.45) is 0. The van der Waals surface area contributed by atoms with Crippen molar-refractivity contribution in [3.63, 3.8) is 0 Å². The maximum absolute atomic E-state index is 12.7. The van der Waals surface area contributed by atoms with Crippen LogP contribution in [0, 0.1) is 5.82 Å². The minimum absolute atomic E-state index is 0.0554. The van der Waals surface area contributed by atoms with Gasteiger partial charge in [0.25, 0.3) is 0 Å². The number of rotatable bonds is 3. The second-order valence-corrected chi connectivity index (χ2v) is 5.06. The lowest BCUT2D eigenvalue weighted by atomic mass is 10.1. The van der Waals surface area contributed by atoms with Crippen molar-refractivity contribution >= 4 is 11.8 Å². The van der Waals surface area contributed by atoms with Crippen LogP contribution in [0.15, 0.2) is 58.3 Å². The molecular weight excluding hydrogens is 233 g/mol. The Hall–Kier alpha value is -1.32. The highest BCUT2D eigenvalue weighted by molar-refractivity contribution is 7.99. The molecule has 88 valence electrons. The number of hydrogen-bond donors (Lipinski definition) is 1. The molecule has 2 N–H and O–H groups in total. The van der Waals surface area contributed by atoms with Gasteiger partial charge in [0.2, 0.25) is 0 Å². The standard InChI is InChI=1S/C14H14FNS/c1-10(16)11-2-6-13(7-3-11)17-14-8-4-12(15)5-9-14/h2-10H,16H2,1H3. The molecule has 0 aliphatic heterocycles. The summed E-state index contributed by atoms with van der Waals surface area (Å²) in [7, 11) is 0. The quantitative estimate of drug-likeness (QED) is 0.887. The first kappa shape index (κ1) is 12.1. The highest BCUT2D eigenvalue weighted by Gasteiger charge is 2.01. The van der Waals surface area contributed by atoms with Crippen LogP contribution in [0.5, 0.6) is 0 Å². The van der Waals surface area contributed by atoms with Gasteiger partial charge in [-0.15, -0.1) is 0 Å². The maximum Gasteiger partial charge on any atom is 0.123 e. The lowest BCUT2D eigenvalue weighted by Crippen LogP contribution is -2.04. The van der Waals surface area contributed by atoms with Gasteiger partial charge in [-0.1, -0.05) is 23.9 Å². The second kappa shape index (κ2) is 5.34. The Morgan fingerprint density at radius 2 is 1.41 bits per heavy atom. The lowest BCUT2D eigenvalue weighted by Gasteiger charge is -2.06. The molecule has 17 heavy (non-hydrogen) atoms. The molecule has 2 rings (SSSR count). The fraction of sp³-hybridized carbons (Fsp3) is 0.143. The van der Waals surface area contributed by atoms with Crippen LogP contribution in [-0.4, -0.2) is 0 Å². The van der Waals surface area contributed by atoms with Gasteiger partial charge in [-0.25, -0.2) is 4.39 Å². The van der Waals surface area contributed by atoms with E-state index in [2.05, 4.69) is 0 Å². The van der Waals surface area contributed by atoms with Gasteiger partial charge in [0.05, 0.1) is 0 Å². The summed E-state index contributed by atoms with van der Waals surface area (Å²) in [5.41, 5.74) is 6.90. The van der Waals surface area contributed by atoms with E-state index < -0.39 is 0 Å². The maximum atomic E-state index is 12.7. The molecule has 0 aliphatic carbocycles. The van der Waals surface area contributed by atoms with Gasteiger partial charge in [0.1, 0.15) is 5.82 Å². The van der Waals surface area contributed by atoms with Gasteiger partial charge < -0.3 is 5.73 Å². The third-order valence-corrected chi connectivity index (χ3v) is 3.47. The minimum Gasteiger partial charge on any atom is -0.324 e. The van der Waals surface area contributed by atoms with Crippen molar-refractivity contribution in [3.8, 4) is 0 Å². The molecular formula is C14H14FNS. The van der Waals surface area contributed by atoms with Crippen molar-refractivity contribution in [1.29, 1.82) is 0 Å². The first-order chi connectivity index (χ1) is 8.15. The molecule has 0 heterocycles. The lowest BCUT2D eigenvalue weighted by molar-refractivity contribution is 0.626. The van der Waals surface area contributed by atoms with Crippen LogP contribution in [0.25, 0.3) is 0 Å². The predicted molar refractivity (Wildman–Crippen MR) is 69.6 cm³/mol. The van der Waals surface area contributed by atoms with Gasteiger partial charge in [-0.3, -0.25) is 0 Å². The van der Waals surface area contributed by atoms with Crippen molar-refractivity contribution in [2.24, 2.45) is 5.73 Å². The van der Waals surface area contributed by atoms with Crippen LogP contribution in [0.1, 0.15) is 18.5 Å². The third-order valence-electron chi connectivity index (χ3n) is 2.46. The molecule has 0 saturated carbocycles. The largest absolute Gasteiger partial charge is 0.324 e. The zero-order chi connectivity index (χ0) is 12.3. The highest BCUT2D eigenvalue weighted by Crippen LogP contribution is 2.28. The SMILES string of the molecule is CC(N)c1ccc(Sc2ccc(F)cc2)cc1. The zero-order valence-corrected chi connectivity index (χ0v) is 10.4. The summed E-state index contributed by atoms with van der Waals surface area (Å²) in [5.74, 6) is -0.207. The first-order valence-electron chi connectivity index (χ1n) is 5.44. The van der Waals surface area contributed by atoms with Crippen molar-refractivity contribution in [2.45, 2.75) is 22.8 Å². The normalized spacial score (nSPS) is 12.4. The molecule has 2 aromatic carbocycles. The van der Waals surface area contributed by atoms with Crippen molar-refractivity contribution in [3.05, 3.63) is 59.9 Å². The van der Waals surface area contributed by atoms with E-state index in [0.717, 1.165) is 15.4 Å². The Labute approximate surface area is 105 Å². The van der Waals surface area contributed by atoms with E-state index >= 15 is 0 Å². The van der Waals surface area contributed by atoms with E-state index in [4.69, 9.17) is 5.73 Å². The third kappa shape index (κ3) is 3.32. The average molecular weight is 247 g/mol. The van der Waals surface area contributed by atoms with Crippen LogP contribution in [0.4, 0.5) is 4.39 Å². The molecule has 0 aliphatic rings. The number of nitrogens with two attached hydrogens (primary N) is 1. The summed E-state index contributed by atoms with van der Waals surface area (Å²) >= 11 is 1.61. The molecule has 0 bridgehead atoms. The summed E-state index contributed by atoms with van der Waals surface area (Å²) in [5, 5.41) is 0. The minimum atomic E-state index is -0.207. The van der Waals surface area contributed by atoms with E-state index in [1.807, 2.05) is 31.2 Å². The summed E-state index contributed by atoms with van der Waals surface area (Å²) < 4.78 is 12.7. The molecule has 2 aromatic rings. The molecule has 0 fully saturated rings. The summed E-state index contributed by atoms with van der Waals surface area (Å²) in [6.45, 7) is 1.96. The Morgan fingerprint density at radius 3 is 1.88 bits per heavy atom. The number of halogens is 1. The van der Waals surface area contributed by atoms with E-state index in [1.54, 1.807) is 23.9 Å². The van der Waals surface area contributed by atoms with Crippen LogP contribution in [-0.2, 0) is 0 Å². The van der Waals surface area contributed by atoms with Crippen LogP contribution < -0.4 is 5.73 Å². The molecule has 3 heteroatoms. The Morgan fingerprint density at radius 1 is 0.941 bits per heavy atom. The van der Waals surface area contributed by atoms with Gasteiger partial charge in [0, 0.05) is 15.8 Å². The topological polar surface area (TPSA) is 26.0 Å². The van der Waals surface area contributed by atoms with E-state index in [1.165, 1.54) is 12.1 Å². The zero-order valence-electron chi connectivity index (χ0n) is 9.56. The van der Waals surface area contributed by atoms with E-state index in [9.17, 15) is 4.39 Å². The van der Waals surface area contributed by atoms with Crippen molar-refractivity contribution < 1.29 is 4.39 Å². The summed E-state index contributed by atoms with van der Waals surface area (Å²) in [6, 6.07) is 14.7. The number of benzene rings is 2. The highest BCUT2D eigenvalue weighted by atomic mass is 32.2. The Bertz CT molecular complexity index is 477. The smallest absolute Gasteiger partial charge is 0.123 e. The first-order valence-corrected chi connectivity index (χ1v) is 6.26. The molecule has 0 aromatic heterocycles. The Kier molecular flexibility index (Phi) is 3.82. The summed E-state index contributed by atoms with van der Waals surface area (Å²) in [4.78, 5) is 2.15. The van der Waals surface area contributed by atoms with Crippen molar-refractivity contribution in [1.82, 2.24) is 0 Å². The molecule has 1 atom stereocenters. The monoisotopic (exact) mass is 247 g/mol. The van der Waals surface area contributed by atoms with Crippen LogP contribution in [0.2, 0.25) is 0 Å². The molecule has 0 amide bonds. The van der Waals surface area contributed by atoms with E-state index in [0.29, 0.717) is 0 Å². The van der Waals surface area contributed by atoms with Gasteiger partial charge in [-0.2, -0.15) is 0 Å². The fourth-order valence-electron chi connectivity index (χ4n) is 1.48. The molecule has 1 nitrogen and oxygen atoms in total. The van der Waals surface area contributed by atoms with Crippen LogP contribution in [0.3, 0.4) is 0 Å². The molecule has 0 saturated heterocycles. The van der Waals surface area contributed by atoms with Crippen molar-refractivity contribution in [2.75, 3.05) is 0 Å². The molecule has 1 unspecified atom stereocenters. The molecule has 0 spiro atoms. The van der Waals surface area contributed by atoms with E-state index in [-0.39, 0.29) is 11.9 Å². The van der Waals surface area contributed by atoms with Gasteiger partial charge in [0.15, 0.2) is 0 Å². The van der Waals surface area contributed by atoms with Crippen LogP contribution >= 0.6 is 11.8 Å². The number of hydrogen-bond acceptors (Lipinski definition) is 2. The second-order valence-electron chi connectivity index (χ2n) is 3.91. The van der Waals surface area contributed by atoms with Gasteiger partial charge in [-0.05, 0) is 48.9 Å². The average Bonchev–Trinajstić information content (AvgIpc) is 2.33. The fourth-order valence-corrected chi connectivity index (χ4v) is 2.29. The predicted octanol–water partition coefficient (Wildman–Crippen LogP) is 4.00. The Balaban J connectivity index is 2.11.